The van der Waals surface area contributed by atoms with Crippen molar-refractivity contribution in [1.82, 2.24) is 0 Å². The molecule has 0 rings (SSSR count). The minimum Gasteiger partial charge on any atom is -0.789 e. The Kier molecular flexibility index (Phi) is 40.5. The Morgan fingerprint density at radius 3 is 0.889 bits per heavy atom. The van der Waals surface area contributed by atoms with Crippen molar-refractivity contribution in [2.24, 2.45) is 0 Å². The molecule has 0 nitrogen and oxygen atoms in total. The Labute approximate surface area is 160 Å². The molecule has 0 N–H and O–H groups in total. The van der Waals surface area contributed by atoms with Crippen molar-refractivity contribution >= 4 is 41.1 Å². The maximum absolute atomic E-state index is 4.89. The Balaban J connectivity index is -0.0000000980. The molecule has 0 aliphatic heterocycles. The summed E-state index contributed by atoms with van der Waals surface area (Å²) < 4.78 is 0. The molecule has 0 aromatic rings. The molecule has 0 unspecified atom stereocenters. The second kappa shape index (κ2) is 25.0. The second-order valence-corrected chi connectivity index (χ2v) is 11.5. The molecule has 0 aliphatic rings. The molecule has 0 saturated heterocycles. The molecule has 0 atom stereocenters. The van der Waals surface area contributed by atoms with Crippen molar-refractivity contribution in [2.75, 3.05) is 48.5 Å². The van der Waals surface area contributed by atoms with Gasteiger partial charge in [-0.2, -0.15) is 0 Å². The normalized spacial score (nSPS) is 9.33. The number of rotatable bonds is 8. The van der Waals surface area contributed by atoms with E-state index in [-0.39, 0.29) is 60.6 Å². The van der Waals surface area contributed by atoms with Crippen molar-refractivity contribution in [3.05, 3.63) is 0 Å². The molecular weight excluding hydrogens is 664 g/mol. The molecule has 0 bridgehead atoms. The molecule has 0 spiro atoms. The first-order chi connectivity index (χ1) is 7.69. The summed E-state index contributed by atoms with van der Waals surface area (Å²) in [6, 6.07) is 0. The quantitative estimate of drug-likeness (QED) is 0.217. The SMILES string of the molecule is CC[PH+](CC)CC[S-].CC[PH+](CC)CC[S-].[Au+].[Au+]. The van der Waals surface area contributed by atoms with Gasteiger partial charge in [0.15, 0.2) is 0 Å². The van der Waals surface area contributed by atoms with E-state index in [0.717, 1.165) is 11.5 Å². The molecule has 0 saturated carbocycles. The zero-order valence-corrected chi connectivity index (χ0v) is 20.0. The monoisotopic (exact) mass is 694 g/mol. The molecule has 0 aliphatic carbocycles. The molecule has 120 valence electrons. The summed E-state index contributed by atoms with van der Waals surface area (Å²) >= 11 is 9.77. The molecule has 0 radical (unpaired) electrons. The smallest absolute Gasteiger partial charge is 0.789 e. The van der Waals surface area contributed by atoms with Crippen molar-refractivity contribution in [3.8, 4) is 0 Å². The number of hydrogen-bond acceptors (Lipinski definition) is 2. The van der Waals surface area contributed by atoms with Gasteiger partial charge in [-0.3, -0.25) is 0 Å². The summed E-state index contributed by atoms with van der Waals surface area (Å²) in [5.41, 5.74) is 0. The fraction of sp³-hybridized carbons (Fsp3) is 1.00. The standard InChI is InChI=1S/2C6H15PS.2Au/c2*1-3-7(4-2)5-6-8;;/h2*8H,3-6H2,1-2H3;;/q;;2*+1. The molecule has 6 heteroatoms. The van der Waals surface area contributed by atoms with E-state index in [1.165, 1.54) is 37.0 Å². The van der Waals surface area contributed by atoms with Gasteiger partial charge in [0.05, 0.1) is 24.6 Å². The average Bonchev–Trinajstić information content (AvgIpc) is 2.33. The van der Waals surface area contributed by atoms with Crippen LogP contribution in [0.1, 0.15) is 27.7 Å². The molecule has 0 aromatic carbocycles. The third kappa shape index (κ3) is 21.3. The predicted molar refractivity (Wildman–Crippen MR) is 93.0 cm³/mol. The van der Waals surface area contributed by atoms with Crippen molar-refractivity contribution in [2.45, 2.75) is 27.7 Å². The van der Waals surface area contributed by atoms with Crippen molar-refractivity contribution < 1.29 is 44.8 Å². The van der Waals surface area contributed by atoms with E-state index in [9.17, 15) is 0 Å². The van der Waals surface area contributed by atoms with Crippen molar-refractivity contribution in [1.29, 1.82) is 0 Å². The fourth-order valence-electron chi connectivity index (χ4n) is 1.50. The van der Waals surface area contributed by atoms with Gasteiger partial charge in [0, 0.05) is 12.3 Å². The Hall–Kier alpha value is 3.04. The number of hydrogen-bond donors (Lipinski definition) is 0. The first-order valence-corrected chi connectivity index (χ1v) is 11.9. The van der Waals surface area contributed by atoms with E-state index < -0.39 is 0 Å². The van der Waals surface area contributed by atoms with E-state index >= 15 is 0 Å². The zero-order valence-electron chi connectivity index (χ0n) is 12.1. The second-order valence-electron chi connectivity index (χ2n) is 3.82. The van der Waals surface area contributed by atoms with Gasteiger partial charge in [-0.05, 0) is 43.5 Å². The minimum absolute atomic E-state index is 0. The summed E-state index contributed by atoms with van der Waals surface area (Å²) in [7, 11) is 0.0432. The van der Waals surface area contributed by atoms with Crippen LogP contribution in [0.4, 0.5) is 0 Å². The summed E-state index contributed by atoms with van der Waals surface area (Å²) in [5.74, 6) is 1.96. The first kappa shape index (κ1) is 29.1. The molecule has 18 heavy (non-hydrogen) atoms. The van der Waals surface area contributed by atoms with E-state index in [4.69, 9.17) is 25.3 Å². The van der Waals surface area contributed by atoms with Gasteiger partial charge in [-0.25, -0.2) is 0 Å². The summed E-state index contributed by atoms with van der Waals surface area (Å²) in [6.07, 6.45) is 8.28. The summed E-state index contributed by atoms with van der Waals surface area (Å²) in [4.78, 5) is 0. The van der Waals surface area contributed by atoms with Crippen LogP contribution < -0.4 is 0 Å². The molecular formula is C12H30Au2P2S2+2. The van der Waals surface area contributed by atoms with Gasteiger partial charge >= 0.3 is 44.8 Å². The van der Waals surface area contributed by atoms with E-state index in [2.05, 4.69) is 27.7 Å². The van der Waals surface area contributed by atoms with Crippen LogP contribution in [0, 0.1) is 0 Å². The van der Waals surface area contributed by atoms with Crippen LogP contribution in [0.25, 0.3) is 0 Å². The van der Waals surface area contributed by atoms with Gasteiger partial charge in [0.2, 0.25) is 0 Å². The van der Waals surface area contributed by atoms with E-state index in [1.807, 2.05) is 0 Å². The molecule has 0 amide bonds. The van der Waals surface area contributed by atoms with Crippen LogP contribution in [-0.2, 0) is 70.0 Å². The van der Waals surface area contributed by atoms with Crippen molar-refractivity contribution in [3.63, 3.8) is 0 Å². The van der Waals surface area contributed by atoms with E-state index in [1.54, 1.807) is 0 Å². The molecule has 0 heterocycles. The third-order valence-corrected chi connectivity index (χ3v) is 9.96. The first-order valence-electron chi connectivity index (χ1n) is 6.53. The van der Waals surface area contributed by atoms with Gasteiger partial charge in [-0.15, -0.1) is 11.5 Å². The van der Waals surface area contributed by atoms with Gasteiger partial charge in [0.1, 0.15) is 0 Å². The van der Waals surface area contributed by atoms with Crippen LogP contribution in [-0.4, -0.2) is 48.5 Å². The van der Waals surface area contributed by atoms with Crippen LogP contribution >= 0.6 is 15.8 Å². The predicted octanol–water partition coefficient (Wildman–Crippen LogP) is 3.57. The summed E-state index contributed by atoms with van der Waals surface area (Å²) in [5, 5.41) is 0. The van der Waals surface area contributed by atoms with Crippen LogP contribution in [0.5, 0.6) is 0 Å². The van der Waals surface area contributed by atoms with Gasteiger partial charge < -0.3 is 25.3 Å². The Bertz CT molecular complexity index is 111. The maximum Gasteiger partial charge on any atom is 1.00 e. The average molecular weight is 694 g/mol. The third-order valence-electron chi connectivity index (χ3n) is 2.91. The van der Waals surface area contributed by atoms with Crippen LogP contribution in [0.15, 0.2) is 0 Å². The minimum atomic E-state index is 0. The zero-order chi connectivity index (χ0) is 12.8. The fourth-order valence-corrected chi connectivity index (χ4v) is 6.22. The van der Waals surface area contributed by atoms with Gasteiger partial charge in [-0.1, -0.05) is 0 Å². The largest absolute Gasteiger partial charge is 1.00 e. The Morgan fingerprint density at radius 2 is 0.833 bits per heavy atom. The summed E-state index contributed by atoms with van der Waals surface area (Å²) in [6.45, 7) is 9.12. The Morgan fingerprint density at radius 1 is 0.611 bits per heavy atom. The maximum atomic E-state index is 4.89. The van der Waals surface area contributed by atoms with Crippen LogP contribution in [0.2, 0.25) is 0 Å². The van der Waals surface area contributed by atoms with E-state index in [0.29, 0.717) is 0 Å². The van der Waals surface area contributed by atoms with Crippen LogP contribution in [0.3, 0.4) is 0 Å². The topological polar surface area (TPSA) is 0 Å². The van der Waals surface area contributed by atoms with Gasteiger partial charge in [0.25, 0.3) is 0 Å². The molecule has 0 fully saturated rings. The molecule has 0 aromatic heterocycles.